The number of hydrogen-bond acceptors (Lipinski definition) is 3. The zero-order valence-electron chi connectivity index (χ0n) is 7.59. The number of aryl methyl sites for hydroxylation is 1. The standard InChI is InChI=1S/C9H11N3S/c1-6-10-8-4-3-7(12-13-2)5-9(8)11-6/h3-5,12H,1-2H3,(H,10,11). The van der Waals surface area contributed by atoms with Crippen LogP contribution in [0.3, 0.4) is 0 Å². The lowest BCUT2D eigenvalue weighted by molar-refractivity contribution is 1.17. The number of aromatic amines is 1. The molecule has 0 radical (unpaired) electrons. The van der Waals surface area contributed by atoms with Gasteiger partial charge in [0, 0.05) is 11.9 Å². The number of nitrogens with zero attached hydrogens (tertiary/aromatic N) is 1. The third-order valence-corrected chi connectivity index (χ3v) is 2.26. The first-order valence-electron chi connectivity index (χ1n) is 4.05. The Morgan fingerprint density at radius 3 is 3.08 bits per heavy atom. The highest BCUT2D eigenvalue weighted by atomic mass is 32.2. The van der Waals surface area contributed by atoms with Crippen molar-refractivity contribution in [2.45, 2.75) is 6.92 Å². The van der Waals surface area contributed by atoms with Crippen molar-refractivity contribution in [1.82, 2.24) is 9.97 Å². The van der Waals surface area contributed by atoms with E-state index in [1.54, 1.807) is 11.9 Å². The predicted molar refractivity (Wildman–Crippen MR) is 58.0 cm³/mol. The number of aromatic nitrogens is 2. The second kappa shape index (κ2) is 3.30. The van der Waals surface area contributed by atoms with E-state index in [0.29, 0.717) is 0 Å². The monoisotopic (exact) mass is 193 g/mol. The lowest BCUT2D eigenvalue weighted by Crippen LogP contribution is -1.83. The summed E-state index contributed by atoms with van der Waals surface area (Å²) in [6.07, 6.45) is 2.00. The van der Waals surface area contributed by atoms with Crippen LogP contribution in [0.25, 0.3) is 11.0 Å². The number of nitrogens with one attached hydrogen (secondary N) is 2. The molecular formula is C9H11N3S. The maximum atomic E-state index is 4.32. The Labute approximate surface area is 81.1 Å². The van der Waals surface area contributed by atoms with E-state index in [1.165, 1.54) is 0 Å². The smallest absolute Gasteiger partial charge is 0.104 e. The van der Waals surface area contributed by atoms with Gasteiger partial charge in [0.2, 0.25) is 0 Å². The molecule has 0 fully saturated rings. The fraction of sp³-hybridized carbons (Fsp3) is 0.222. The van der Waals surface area contributed by atoms with Gasteiger partial charge >= 0.3 is 0 Å². The number of imidazole rings is 1. The molecule has 0 atom stereocenters. The topological polar surface area (TPSA) is 40.7 Å². The minimum Gasteiger partial charge on any atom is -0.342 e. The molecule has 4 heteroatoms. The van der Waals surface area contributed by atoms with Gasteiger partial charge in [0.1, 0.15) is 5.82 Å². The van der Waals surface area contributed by atoms with Crippen molar-refractivity contribution >= 4 is 28.7 Å². The van der Waals surface area contributed by atoms with E-state index in [1.807, 2.05) is 25.3 Å². The van der Waals surface area contributed by atoms with Gasteiger partial charge in [-0.15, -0.1) is 0 Å². The van der Waals surface area contributed by atoms with Gasteiger partial charge in [0.25, 0.3) is 0 Å². The lowest BCUT2D eigenvalue weighted by Gasteiger charge is -2.00. The first-order valence-corrected chi connectivity index (χ1v) is 5.27. The van der Waals surface area contributed by atoms with Gasteiger partial charge in [-0.25, -0.2) is 4.98 Å². The molecule has 0 saturated heterocycles. The Morgan fingerprint density at radius 2 is 2.31 bits per heavy atom. The minimum atomic E-state index is 0.955. The van der Waals surface area contributed by atoms with Gasteiger partial charge in [-0.2, -0.15) is 0 Å². The van der Waals surface area contributed by atoms with Crippen LogP contribution in [0.2, 0.25) is 0 Å². The number of anilines is 1. The molecule has 2 aromatic rings. The average Bonchev–Trinajstić information content (AvgIpc) is 2.44. The summed E-state index contributed by atoms with van der Waals surface area (Å²) < 4.78 is 3.18. The summed E-state index contributed by atoms with van der Waals surface area (Å²) in [5, 5.41) is 0. The van der Waals surface area contributed by atoms with Crippen LogP contribution in [0.15, 0.2) is 18.2 Å². The van der Waals surface area contributed by atoms with Crippen molar-refractivity contribution in [3.63, 3.8) is 0 Å². The Morgan fingerprint density at radius 1 is 1.46 bits per heavy atom. The van der Waals surface area contributed by atoms with Gasteiger partial charge in [-0.3, -0.25) is 0 Å². The van der Waals surface area contributed by atoms with E-state index in [-0.39, 0.29) is 0 Å². The van der Waals surface area contributed by atoms with Gasteiger partial charge < -0.3 is 9.71 Å². The highest BCUT2D eigenvalue weighted by Crippen LogP contribution is 2.18. The summed E-state index contributed by atoms with van der Waals surface area (Å²) in [6.45, 7) is 1.96. The van der Waals surface area contributed by atoms with Crippen LogP contribution < -0.4 is 4.72 Å². The summed E-state index contributed by atoms with van der Waals surface area (Å²) >= 11 is 1.59. The minimum absolute atomic E-state index is 0.955. The first-order chi connectivity index (χ1) is 6.29. The molecule has 0 aliphatic carbocycles. The summed E-state index contributed by atoms with van der Waals surface area (Å²) in [7, 11) is 0. The fourth-order valence-corrected chi connectivity index (χ4v) is 1.68. The van der Waals surface area contributed by atoms with Crippen molar-refractivity contribution in [2.75, 3.05) is 11.0 Å². The fourth-order valence-electron chi connectivity index (χ4n) is 1.32. The molecule has 13 heavy (non-hydrogen) atoms. The Hall–Kier alpha value is -1.16. The third kappa shape index (κ3) is 1.62. The number of benzene rings is 1. The Kier molecular flexibility index (Phi) is 2.14. The van der Waals surface area contributed by atoms with Crippen LogP contribution in [-0.4, -0.2) is 16.2 Å². The summed E-state index contributed by atoms with van der Waals surface area (Å²) in [6, 6.07) is 6.10. The second-order valence-corrected chi connectivity index (χ2v) is 3.47. The van der Waals surface area contributed by atoms with E-state index >= 15 is 0 Å². The molecule has 0 aliphatic heterocycles. The van der Waals surface area contributed by atoms with E-state index in [4.69, 9.17) is 0 Å². The van der Waals surface area contributed by atoms with E-state index in [9.17, 15) is 0 Å². The van der Waals surface area contributed by atoms with Crippen LogP contribution in [-0.2, 0) is 0 Å². The quantitative estimate of drug-likeness (QED) is 0.720. The molecule has 1 aromatic carbocycles. The average molecular weight is 193 g/mol. The Balaban J connectivity index is 2.48. The highest BCUT2D eigenvalue weighted by molar-refractivity contribution is 7.99. The molecular weight excluding hydrogens is 182 g/mol. The van der Waals surface area contributed by atoms with Crippen molar-refractivity contribution in [1.29, 1.82) is 0 Å². The van der Waals surface area contributed by atoms with Crippen molar-refractivity contribution in [3.05, 3.63) is 24.0 Å². The number of fused-ring (bicyclic) bond motifs is 1. The highest BCUT2D eigenvalue weighted by Gasteiger charge is 1.99. The van der Waals surface area contributed by atoms with Crippen LogP contribution in [0, 0.1) is 6.92 Å². The predicted octanol–water partition coefficient (Wildman–Crippen LogP) is 2.56. The normalized spacial score (nSPS) is 10.6. The van der Waals surface area contributed by atoms with E-state index in [0.717, 1.165) is 22.5 Å². The molecule has 3 nitrogen and oxygen atoms in total. The van der Waals surface area contributed by atoms with Gasteiger partial charge in [0.15, 0.2) is 0 Å². The van der Waals surface area contributed by atoms with E-state index in [2.05, 4.69) is 20.8 Å². The molecule has 1 aromatic heterocycles. The number of hydrogen-bond donors (Lipinski definition) is 2. The van der Waals surface area contributed by atoms with Crippen molar-refractivity contribution in [2.24, 2.45) is 0 Å². The van der Waals surface area contributed by atoms with Gasteiger partial charge in [-0.05, 0) is 25.1 Å². The molecule has 1 heterocycles. The first kappa shape index (κ1) is 8.44. The summed E-state index contributed by atoms with van der Waals surface area (Å²) in [5.41, 5.74) is 3.20. The summed E-state index contributed by atoms with van der Waals surface area (Å²) in [4.78, 5) is 7.52. The van der Waals surface area contributed by atoms with Crippen molar-refractivity contribution < 1.29 is 0 Å². The van der Waals surface area contributed by atoms with E-state index < -0.39 is 0 Å². The third-order valence-electron chi connectivity index (χ3n) is 1.82. The zero-order chi connectivity index (χ0) is 9.26. The second-order valence-electron chi connectivity index (χ2n) is 2.86. The van der Waals surface area contributed by atoms with Crippen LogP contribution in [0.4, 0.5) is 5.69 Å². The zero-order valence-corrected chi connectivity index (χ0v) is 8.40. The maximum Gasteiger partial charge on any atom is 0.104 e. The molecule has 0 amide bonds. The number of rotatable bonds is 2. The number of H-pyrrole nitrogens is 1. The SMILES string of the molecule is CSNc1ccc2nc(C)[nH]c2c1. The van der Waals surface area contributed by atoms with Gasteiger partial charge in [0.05, 0.1) is 11.0 Å². The molecule has 2 N–H and O–H groups in total. The molecule has 0 bridgehead atoms. The molecule has 0 saturated carbocycles. The van der Waals surface area contributed by atoms with Gasteiger partial charge in [-0.1, -0.05) is 11.9 Å². The van der Waals surface area contributed by atoms with Crippen LogP contribution in [0.5, 0.6) is 0 Å². The molecule has 0 unspecified atom stereocenters. The molecule has 68 valence electrons. The van der Waals surface area contributed by atoms with Crippen molar-refractivity contribution in [3.8, 4) is 0 Å². The molecule has 2 rings (SSSR count). The maximum absolute atomic E-state index is 4.32. The molecule has 0 aliphatic rings. The Bertz CT molecular complexity index is 422. The molecule has 0 spiro atoms. The lowest BCUT2D eigenvalue weighted by atomic mass is 10.3. The largest absolute Gasteiger partial charge is 0.342 e. The van der Waals surface area contributed by atoms with Crippen LogP contribution in [0.1, 0.15) is 5.82 Å². The summed E-state index contributed by atoms with van der Waals surface area (Å²) in [5.74, 6) is 0.955. The van der Waals surface area contributed by atoms with Crippen LogP contribution >= 0.6 is 11.9 Å².